The minimum Gasteiger partial charge on any atom is -0.478 e. The molecule has 1 N–H and O–H groups in total. The highest BCUT2D eigenvalue weighted by Crippen LogP contribution is 2.40. The maximum Gasteiger partial charge on any atom is 0.344 e. The molecule has 0 atom stereocenters. The van der Waals surface area contributed by atoms with Crippen molar-refractivity contribution < 1.29 is 14.7 Å². The molecule has 148 valence electrons. The molecule has 3 heterocycles. The quantitative estimate of drug-likeness (QED) is 0.883. The van der Waals surface area contributed by atoms with Crippen molar-refractivity contribution in [3.05, 3.63) is 53.3 Å². The molecular weight excluding hydrogens is 356 g/mol. The number of benzene rings is 1. The molecular formula is C21H26N4O3. The van der Waals surface area contributed by atoms with Crippen LogP contribution in [0.2, 0.25) is 0 Å². The molecule has 1 amide bonds. The molecule has 1 aromatic heterocycles. The molecule has 0 aliphatic carbocycles. The van der Waals surface area contributed by atoms with Crippen molar-refractivity contribution >= 4 is 12.0 Å². The van der Waals surface area contributed by atoms with E-state index in [1.54, 1.807) is 4.90 Å². The number of carbonyl (C=O) groups is 2. The van der Waals surface area contributed by atoms with E-state index in [0.29, 0.717) is 13.1 Å². The first-order valence-electron chi connectivity index (χ1n) is 9.79. The van der Waals surface area contributed by atoms with Crippen molar-refractivity contribution in [1.82, 2.24) is 19.6 Å². The van der Waals surface area contributed by atoms with Crippen LogP contribution in [-0.2, 0) is 6.54 Å². The molecule has 1 spiro atoms. The van der Waals surface area contributed by atoms with Gasteiger partial charge in [0, 0.05) is 26.2 Å². The number of aryl methyl sites for hydroxylation is 1. The molecule has 0 unspecified atom stereocenters. The van der Waals surface area contributed by atoms with E-state index >= 15 is 0 Å². The maximum atomic E-state index is 12.6. The molecule has 0 radical (unpaired) electrons. The molecule has 0 saturated carbocycles. The van der Waals surface area contributed by atoms with E-state index in [2.05, 4.69) is 41.2 Å². The van der Waals surface area contributed by atoms with Crippen molar-refractivity contribution in [1.29, 1.82) is 0 Å². The number of hydrogen-bond donors (Lipinski definition) is 1. The number of aromatic carboxylic acids is 1. The number of rotatable bonds is 3. The Morgan fingerprint density at radius 3 is 2.61 bits per heavy atom. The van der Waals surface area contributed by atoms with Crippen molar-refractivity contribution in [2.45, 2.75) is 32.7 Å². The van der Waals surface area contributed by atoms with Crippen LogP contribution in [0.3, 0.4) is 0 Å². The van der Waals surface area contributed by atoms with Crippen LogP contribution >= 0.6 is 0 Å². The lowest BCUT2D eigenvalue weighted by Crippen LogP contribution is -2.45. The number of amides is 1. The Labute approximate surface area is 164 Å². The lowest BCUT2D eigenvalue weighted by atomic mass is 9.78. The van der Waals surface area contributed by atoms with Crippen molar-refractivity contribution in [3.63, 3.8) is 0 Å². The van der Waals surface area contributed by atoms with E-state index in [1.165, 1.54) is 29.9 Å². The van der Waals surface area contributed by atoms with E-state index in [0.717, 1.165) is 37.2 Å². The monoisotopic (exact) mass is 382 g/mol. The summed E-state index contributed by atoms with van der Waals surface area (Å²) in [6, 6.07) is 8.44. The van der Waals surface area contributed by atoms with Gasteiger partial charge in [0.2, 0.25) is 0 Å². The predicted molar refractivity (Wildman–Crippen MR) is 104 cm³/mol. The summed E-state index contributed by atoms with van der Waals surface area (Å²) in [5.74, 6) is -1.07. The lowest BCUT2D eigenvalue weighted by Gasteiger charge is -2.39. The third-order valence-corrected chi connectivity index (χ3v) is 6.13. The zero-order valence-electron chi connectivity index (χ0n) is 16.2. The van der Waals surface area contributed by atoms with Crippen molar-refractivity contribution in [2.75, 3.05) is 26.2 Å². The fourth-order valence-corrected chi connectivity index (χ4v) is 4.49. The fraction of sp³-hybridized carbons (Fsp3) is 0.476. The molecule has 1 aromatic carbocycles. The summed E-state index contributed by atoms with van der Waals surface area (Å²) in [6.07, 6.45) is 5.64. The van der Waals surface area contributed by atoms with E-state index in [1.807, 2.05) is 0 Å². The highest BCUT2D eigenvalue weighted by molar-refractivity contribution is 5.88. The standard InChI is InChI=1S/C21H26N4O3/c1-16-3-2-4-17(11-16)13-23-8-5-21(15-23)6-9-24(10-7-21)20(28)25-14-18(12-22-25)19(26)27/h2-4,11-12,14H,5-10,13,15H2,1H3,(H,26,27). The van der Waals surface area contributed by atoms with Gasteiger partial charge in [0.15, 0.2) is 0 Å². The SMILES string of the molecule is Cc1cccc(CN2CCC3(CCN(C(=O)n4cc(C(=O)O)cn4)CC3)C2)c1. The summed E-state index contributed by atoms with van der Waals surface area (Å²) in [5.41, 5.74) is 2.97. The second kappa shape index (κ2) is 7.39. The molecule has 28 heavy (non-hydrogen) atoms. The maximum absolute atomic E-state index is 12.6. The van der Waals surface area contributed by atoms with Gasteiger partial charge in [0.05, 0.1) is 18.0 Å². The van der Waals surface area contributed by atoms with Gasteiger partial charge >= 0.3 is 12.0 Å². The smallest absolute Gasteiger partial charge is 0.344 e. The van der Waals surface area contributed by atoms with Gasteiger partial charge in [0.25, 0.3) is 0 Å². The van der Waals surface area contributed by atoms with Gasteiger partial charge in [-0.3, -0.25) is 4.90 Å². The van der Waals surface area contributed by atoms with Crippen LogP contribution in [0.1, 0.15) is 40.7 Å². The van der Waals surface area contributed by atoms with Crippen LogP contribution < -0.4 is 0 Å². The van der Waals surface area contributed by atoms with Gasteiger partial charge in [-0.05, 0) is 43.7 Å². The van der Waals surface area contributed by atoms with E-state index in [9.17, 15) is 9.59 Å². The van der Waals surface area contributed by atoms with Crippen LogP contribution in [0, 0.1) is 12.3 Å². The number of hydrogen-bond acceptors (Lipinski definition) is 4. The van der Waals surface area contributed by atoms with E-state index in [-0.39, 0.29) is 17.0 Å². The van der Waals surface area contributed by atoms with Gasteiger partial charge in [-0.1, -0.05) is 29.8 Å². The Hall–Kier alpha value is -2.67. The number of carbonyl (C=O) groups excluding carboxylic acids is 1. The Morgan fingerprint density at radius 2 is 1.93 bits per heavy atom. The van der Waals surface area contributed by atoms with Crippen molar-refractivity contribution in [2.24, 2.45) is 5.41 Å². The molecule has 2 aliphatic rings. The average molecular weight is 382 g/mol. The van der Waals surface area contributed by atoms with Gasteiger partial charge in [-0.25, -0.2) is 9.59 Å². The first-order valence-corrected chi connectivity index (χ1v) is 9.79. The van der Waals surface area contributed by atoms with Crippen LogP contribution in [0.5, 0.6) is 0 Å². The molecule has 0 bridgehead atoms. The third-order valence-electron chi connectivity index (χ3n) is 6.13. The summed E-state index contributed by atoms with van der Waals surface area (Å²) < 4.78 is 1.14. The molecule has 2 fully saturated rings. The highest BCUT2D eigenvalue weighted by Gasteiger charge is 2.41. The first kappa shape index (κ1) is 18.7. The summed E-state index contributed by atoms with van der Waals surface area (Å²) in [4.78, 5) is 27.9. The largest absolute Gasteiger partial charge is 0.478 e. The summed E-state index contributed by atoms with van der Waals surface area (Å²) in [5, 5.41) is 12.9. The van der Waals surface area contributed by atoms with E-state index in [4.69, 9.17) is 5.11 Å². The van der Waals surface area contributed by atoms with Crippen LogP contribution in [0.15, 0.2) is 36.7 Å². The van der Waals surface area contributed by atoms with Gasteiger partial charge < -0.3 is 10.0 Å². The topological polar surface area (TPSA) is 78.7 Å². The van der Waals surface area contributed by atoms with Crippen molar-refractivity contribution in [3.8, 4) is 0 Å². The van der Waals surface area contributed by atoms with Crippen LogP contribution in [-0.4, -0.2) is 62.9 Å². The molecule has 2 saturated heterocycles. The summed E-state index contributed by atoms with van der Waals surface area (Å²) >= 11 is 0. The molecule has 2 aromatic rings. The number of likely N-dealkylation sites (tertiary alicyclic amines) is 2. The molecule has 7 heteroatoms. The Morgan fingerprint density at radius 1 is 1.18 bits per heavy atom. The van der Waals surface area contributed by atoms with Gasteiger partial charge in [-0.15, -0.1) is 0 Å². The normalized spacial score (nSPS) is 19.2. The fourth-order valence-electron chi connectivity index (χ4n) is 4.49. The van der Waals surface area contributed by atoms with Crippen LogP contribution in [0.4, 0.5) is 4.79 Å². The molecule has 2 aliphatic heterocycles. The second-order valence-electron chi connectivity index (χ2n) is 8.20. The minimum absolute atomic E-state index is 0.0319. The summed E-state index contributed by atoms with van der Waals surface area (Å²) in [6.45, 7) is 6.67. The number of nitrogens with zero attached hydrogens (tertiary/aromatic N) is 4. The number of piperidine rings is 1. The Kier molecular flexibility index (Phi) is 4.93. The average Bonchev–Trinajstić information content (AvgIpc) is 3.30. The van der Waals surface area contributed by atoms with Crippen LogP contribution in [0.25, 0.3) is 0 Å². The zero-order valence-corrected chi connectivity index (χ0v) is 16.2. The second-order valence-corrected chi connectivity index (χ2v) is 8.20. The predicted octanol–water partition coefficient (Wildman–Crippen LogP) is 2.85. The molecule has 7 nitrogen and oxygen atoms in total. The highest BCUT2D eigenvalue weighted by atomic mass is 16.4. The van der Waals surface area contributed by atoms with Gasteiger partial charge in [0.1, 0.15) is 0 Å². The third kappa shape index (κ3) is 3.80. The minimum atomic E-state index is -1.07. The lowest BCUT2D eigenvalue weighted by molar-refractivity contribution is 0.0697. The number of carboxylic acid groups (broad SMARTS) is 1. The Balaban J connectivity index is 1.33. The molecule has 4 rings (SSSR count). The summed E-state index contributed by atoms with van der Waals surface area (Å²) in [7, 11) is 0. The Bertz CT molecular complexity index is 883. The number of aromatic nitrogens is 2. The zero-order chi connectivity index (χ0) is 19.7. The first-order chi connectivity index (χ1) is 13.4. The van der Waals surface area contributed by atoms with E-state index < -0.39 is 5.97 Å². The number of carboxylic acids is 1. The van der Waals surface area contributed by atoms with Gasteiger partial charge in [-0.2, -0.15) is 9.78 Å².